The molecule has 2 rings (SSSR count). The molecule has 0 saturated heterocycles. The molecule has 0 N–H and O–H groups in total. The molecule has 4 nitrogen and oxygen atoms in total. The number of ether oxygens (including phenoxy) is 2. The van der Waals surface area contributed by atoms with Crippen LogP contribution in [0.15, 0.2) is 54.3 Å². The van der Waals surface area contributed by atoms with E-state index >= 15 is 0 Å². The summed E-state index contributed by atoms with van der Waals surface area (Å²) in [4.78, 5) is 11.8. The molecule has 0 unspecified atom stereocenters. The molecule has 5 heteroatoms. The summed E-state index contributed by atoms with van der Waals surface area (Å²) in [6.45, 7) is 10.9. The molecule has 0 fully saturated rings. The van der Waals surface area contributed by atoms with E-state index in [1.165, 1.54) is 11.6 Å². The maximum Gasteiger partial charge on any atom is 0.334 e. The first kappa shape index (κ1) is 23.4. The topological polar surface area (TPSA) is 44.8 Å². The minimum atomic E-state index is -1.82. The molecule has 1 heterocycles. The van der Waals surface area contributed by atoms with Crippen molar-refractivity contribution >= 4 is 14.3 Å². The van der Waals surface area contributed by atoms with Crippen LogP contribution in [0.3, 0.4) is 0 Å². The van der Waals surface area contributed by atoms with Gasteiger partial charge in [-0.2, -0.15) is 0 Å². The van der Waals surface area contributed by atoms with Crippen LogP contribution < -0.4 is 0 Å². The number of allylic oxidation sites excluding steroid dienone is 1. The fourth-order valence-electron chi connectivity index (χ4n) is 3.83. The standard InChI is InChI=1S/C24H36O4Si/c1-6-26-23(25)19-21-17-18-24(5,27-21)22(28-29(7-2,8-3)9-4)16-15-20-13-11-10-12-14-20/h10-14,17-19,22H,6-9,15-16H2,1-5H3/b21-19+/t22-,24-/m0/s1. The summed E-state index contributed by atoms with van der Waals surface area (Å²) in [6.07, 6.45) is 7.04. The molecule has 1 aliphatic heterocycles. The van der Waals surface area contributed by atoms with Gasteiger partial charge in [-0.25, -0.2) is 4.79 Å². The predicted molar refractivity (Wildman–Crippen MR) is 120 cm³/mol. The van der Waals surface area contributed by atoms with Crippen molar-refractivity contribution in [1.29, 1.82) is 0 Å². The van der Waals surface area contributed by atoms with E-state index in [4.69, 9.17) is 13.9 Å². The number of benzene rings is 1. The summed E-state index contributed by atoms with van der Waals surface area (Å²) in [7, 11) is -1.82. The highest BCUT2D eigenvalue weighted by Gasteiger charge is 2.43. The summed E-state index contributed by atoms with van der Waals surface area (Å²) in [5.74, 6) is 0.161. The van der Waals surface area contributed by atoms with E-state index in [2.05, 4.69) is 52.0 Å². The van der Waals surface area contributed by atoms with Crippen molar-refractivity contribution in [3.05, 3.63) is 59.9 Å². The lowest BCUT2D eigenvalue weighted by molar-refractivity contribution is -0.137. The summed E-state index contributed by atoms with van der Waals surface area (Å²) in [5.41, 5.74) is 0.705. The first-order valence-electron chi connectivity index (χ1n) is 10.9. The van der Waals surface area contributed by atoms with E-state index in [-0.39, 0.29) is 12.1 Å². The van der Waals surface area contributed by atoms with Gasteiger partial charge in [-0.05, 0) is 62.5 Å². The van der Waals surface area contributed by atoms with Crippen LogP contribution in [0.1, 0.15) is 46.6 Å². The lowest BCUT2D eigenvalue weighted by atomic mass is 9.94. The van der Waals surface area contributed by atoms with Crippen molar-refractivity contribution < 1.29 is 18.7 Å². The van der Waals surface area contributed by atoms with Gasteiger partial charge in [-0.1, -0.05) is 51.1 Å². The highest BCUT2D eigenvalue weighted by molar-refractivity contribution is 6.73. The zero-order valence-electron chi connectivity index (χ0n) is 18.6. The van der Waals surface area contributed by atoms with E-state index < -0.39 is 13.9 Å². The van der Waals surface area contributed by atoms with Gasteiger partial charge < -0.3 is 13.9 Å². The molecule has 1 aromatic rings. The zero-order valence-corrected chi connectivity index (χ0v) is 19.6. The summed E-state index contributed by atoms with van der Waals surface area (Å²) < 4.78 is 18.2. The molecule has 0 radical (unpaired) electrons. The number of rotatable bonds is 11. The smallest absolute Gasteiger partial charge is 0.334 e. The van der Waals surface area contributed by atoms with Gasteiger partial charge in [0, 0.05) is 0 Å². The number of carbonyl (C=O) groups excluding carboxylic acids is 1. The minimum absolute atomic E-state index is 0.0708. The van der Waals surface area contributed by atoms with Crippen LogP contribution >= 0.6 is 0 Å². The third-order valence-corrected chi connectivity index (χ3v) is 10.6. The van der Waals surface area contributed by atoms with Crippen molar-refractivity contribution in [2.75, 3.05) is 6.61 Å². The van der Waals surface area contributed by atoms with Gasteiger partial charge in [0.05, 0.1) is 18.8 Å². The van der Waals surface area contributed by atoms with Gasteiger partial charge in [0.25, 0.3) is 0 Å². The fraction of sp³-hybridized carbons (Fsp3) is 0.542. The van der Waals surface area contributed by atoms with Gasteiger partial charge >= 0.3 is 5.97 Å². The van der Waals surface area contributed by atoms with Crippen molar-refractivity contribution in [2.45, 2.75) is 77.3 Å². The molecule has 0 amide bonds. The third-order valence-electron chi connectivity index (χ3n) is 5.97. The number of hydrogen-bond acceptors (Lipinski definition) is 4. The van der Waals surface area contributed by atoms with Crippen molar-refractivity contribution in [2.24, 2.45) is 0 Å². The lowest BCUT2D eigenvalue weighted by Crippen LogP contribution is -2.49. The van der Waals surface area contributed by atoms with E-state index in [0.29, 0.717) is 12.4 Å². The van der Waals surface area contributed by atoms with Crippen LogP contribution in [0.25, 0.3) is 0 Å². The SMILES string of the molecule is CCOC(=O)/C=C1\C=C[C@@](C)([C@H](CCc2ccccc2)O[Si](CC)(CC)CC)O1. The molecule has 160 valence electrons. The van der Waals surface area contributed by atoms with E-state index in [1.807, 2.05) is 18.2 Å². The number of aryl methyl sites for hydroxylation is 1. The first-order chi connectivity index (χ1) is 13.9. The third kappa shape index (κ3) is 6.31. The number of carbonyl (C=O) groups is 1. The molecule has 2 atom stereocenters. The normalized spacial score (nSPS) is 21.2. The van der Waals surface area contributed by atoms with E-state index in [1.54, 1.807) is 6.92 Å². The molecule has 0 spiro atoms. The summed E-state index contributed by atoms with van der Waals surface area (Å²) >= 11 is 0. The Labute approximate surface area is 177 Å². The Morgan fingerprint density at radius 3 is 2.38 bits per heavy atom. The summed E-state index contributed by atoms with van der Waals surface area (Å²) in [6, 6.07) is 13.8. The van der Waals surface area contributed by atoms with Crippen LogP contribution in [0, 0.1) is 0 Å². The largest absolute Gasteiger partial charge is 0.481 e. The second kappa shape index (κ2) is 10.8. The molecular weight excluding hydrogens is 380 g/mol. The minimum Gasteiger partial charge on any atom is -0.481 e. The zero-order chi connectivity index (χ0) is 21.3. The molecule has 0 aromatic heterocycles. The van der Waals surface area contributed by atoms with E-state index in [9.17, 15) is 4.79 Å². The maximum atomic E-state index is 11.8. The molecule has 1 aliphatic rings. The fourth-order valence-corrected chi connectivity index (χ4v) is 6.78. The summed E-state index contributed by atoms with van der Waals surface area (Å²) in [5, 5.41) is 0. The Kier molecular flexibility index (Phi) is 8.72. The Balaban J connectivity index is 2.21. The molecule has 0 aliphatic carbocycles. The monoisotopic (exact) mass is 416 g/mol. The van der Waals surface area contributed by atoms with Gasteiger partial charge in [-0.15, -0.1) is 0 Å². The lowest BCUT2D eigenvalue weighted by Gasteiger charge is -2.40. The molecule has 1 aromatic carbocycles. The van der Waals surface area contributed by atoms with Crippen molar-refractivity contribution in [1.82, 2.24) is 0 Å². The van der Waals surface area contributed by atoms with Gasteiger partial charge in [-0.3, -0.25) is 0 Å². The van der Waals surface area contributed by atoms with Gasteiger partial charge in [0.15, 0.2) is 8.32 Å². The Morgan fingerprint density at radius 1 is 1.14 bits per heavy atom. The van der Waals surface area contributed by atoms with Gasteiger partial charge in [0.2, 0.25) is 0 Å². The van der Waals surface area contributed by atoms with Crippen molar-refractivity contribution in [3.63, 3.8) is 0 Å². The quantitative estimate of drug-likeness (QED) is 0.260. The highest BCUT2D eigenvalue weighted by atomic mass is 28.4. The van der Waals surface area contributed by atoms with Crippen LogP contribution in [0.4, 0.5) is 0 Å². The maximum absolute atomic E-state index is 11.8. The van der Waals surface area contributed by atoms with Crippen LogP contribution in [-0.2, 0) is 25.1 Å². The van der Waals surface area contributed by atoms with Crippen LogP contribution in [0.2, 0.25) is 18.1 Å². The second-order valence-electron chi connectivity index (χ2n) is 7.79. The van der Waals surface area contributed by atoms with Gasteiger partial charge in [0.1, 0.15) is 11.4 Å². The number of hydrogen-bond donors (Lipinski definition) is 0. The molecular formula is C24H36O4Si. The highest BCUT2D eigenvalue weighted by Crippen LogP contribution is 2.36. The Bertz CT molecular complexity index is 701. The molecule has 0 saturated carbocycles. The average molecular weight is 417 g/mol. The van der Waals surface area contributed by atoms with Crippen LogP contribution in [-0.4, -0.2) is 32.6 Å². The Morgan fingerprint density at radius 2 is 1.79 bits per heavy atom. The number of esters is 1. The molecule has 0 bridgehead atoms. The Hall–Kier alpha value is -1.85. The second-order valence-corrected chi connectivity index (χ2v) is 12.5. The van der Waals surface area contributed by atoms with E-state index in [0.717, 1.165) is 31.0 Å². The predicted octanol–water partition coefficient (Wildman–Crippen LogP) is 5.80. The first-order valence-corrected chi connectivity index (χ1v) is 13.4. The molecule has 29 heavy (non-hydrogen) atoms. The van der Waals surface area contributed by atoms with Crippen molar-refractivity contribution in [3.8, 4) is 0 Å². The average Bonchev–Trinajstić information content (AvgIpc) is 3.11. The van der Waals surface area contributed by atoms with Crippen LogP contribution in [0.5, 0.6) is 0 Å².